The molecular weight excluding hydrogens is 216 g/mol. The van der Waals surface area contributed by atoms with E-state index in [9.17, 15) is 9.59 Å². The lowest BCUT2D eigenvalue weighted by Gasteiger charge is -1.99. The zero-order valence-corrected chi connectivity index (χ0v) is 8.67. The Hall–Kier alpha value is -1.82. The fourth-order valence-electron chi connectivity index (χ4n) is 1.35. The van der Waals surface area contributed by atoms with Gasteiger partial charge in [-0.1, -0.05) is 0 Å². The van der Waals surface area contributed by atoms with Crippen LogP contribution in [0.1, 0.15) is 0 Å². The number of anilines is 1. The van der Waals surface area contributed by atoms with Gasteiger partial charge in [-0.05, 0) is 6.07 Å². The highest BCUT2D eigenvalue weighted by atomic mass is 32.1. The van der Waals surface area contributed by atoms with Gasteiger partial charge in [-0.2, -0.15) is 0 Å². The van der Waals surface area contributed by atoms with Crippen molar-refractivity contribution in [3.05, 3.63) is 28.0 Å². The van der Waals surface area contributed by atoms with Gasteiger partial charge in [0.25, 0.3) is 5.56 Å². The number of carboxylic acid groups (broad SMARTS) is 1. The number of thiophene rings is 1. The van der Waals surface area contributed by atoms with Crippen LogP contribution in [0.2, 0.25) is 0 Å². The van der Waals surface area contributed by atoms with Crippen LogP contribution in [-0.4, -0.2) is 15.8 Å². The Bertz CT molecular complexity index is 585. The van der Waals surface area contributed by atoms with Gasteiger partial charge < -0.3 is 9.67 Å². The lowest BCUT2D eigenvalue weighted by atomic mass is 10.3. The van der Waals surface area contributed by atoms with Gasteiger partial charge in [-0.3, -0.25) is 10.1 Å². The van der Waals surface area contributed by atoms with Crippen LogP contribution in [0.15, 0.2) is 22.4 Å². The highest BCUT2D eigenvalue weighted by molar-refractivity contribution is 7.17. The van der Waals surface area contributed by atoms with Crippen LogP contribution in [0.4, 0.5) is 10.5 Å². The minimum atomic E-state index is -1.17. The summed E-state index contributed by atoms with van der Waals surface area (Å²) >= 11 is 1.34. The number of rotatable bonds is 1. The molecule has 78 valence electrons. The van der Waals surface area contributed by atoms with E-state index in [1.54, 1.807) is 24.7 Å². The summed E-state index contributed by atoms with van der Waals surface area (Å²) in [6, 6.07) is 1.79. The van der Waals surface area contributed by atoms with Crippen molar-refractivity contribution in [1.29, 1.82) is 0 Å². The number of hydrogen-bond acceptors (Lipinski definition) is 3. The molecule has 0 radical (unpaired) electrons. The van der Waals surface area contributed by atoms with E-state index in [1.807, 2.05) is 0 Å². The van der Waals surface area contributed by atoms with Crippen molar-refractivity contribution < 1.29 is 9.90 Å². The van der Waals surface area contributed by atoms with E-state index in [1.165, 1.54) is 15.9 Å². The molecule has 0 aliphatic rings. The Morgan fingerprint density at radius 2 is 2.33 bits per heavy atom. The van der Waals surface area contributed by atoms with Crippen molar-refractivity contribution in [1.82, 2.24) is 4.57 Å². The molecule has 0 spiro atoms. The summed E-state index contributed by atoms with van der Waals surface area (Å²) in [5.41, 5.74) is 0.154. The fraction of sp³-hybridized carbons (Fsp3) is 0.111. The first-order valence-corrected chi connectivity index (χ1v) is 5.04. The van der Waals surface area contributed by atoms with Gasteiger partial charge in [-0.15, -0.1) is 11.3 Å². The Kier molecular flexibility index (Phi) is 2.20. The number of aryl methyl sites for hydroxylation is 1. The second-order valence-electron chi connectivity index (χ2n) is 3.05. The van der Waals surface area contributed by atoms with Crippen LogP contribution in [0.3, 0.4) is 0 Å². The van der Waals surface area contributed by atoms with Gasteiger partial charge in [0.2, 0.25) is 0 Å². The van der Waals surface area contributed by atoms with Crippen LogP contribution in [0.5, 0.6) is 0 Å². The van der Waals surface area contributed by atoms with E-state index >= 15 is 0 Å². The first-order chi connectivity index (χ1) is 7.09. The van der Waals surface area contributed by atoms with E-state index in [0.29, 0.717) is 11.1 Å². The van der Waals surface area contributed by atoms with Crippen LogP contribution >= 0.6 is 11.3 Å². The molecule has 15 heavy (non-hydrogen) atoms. The summed E-state index contributed by atoms with van der Waals surface area (Å²) in [4.78, 5) is 22.2. The monoisotopic (exact) mass is 224 g/mol. The van der Waals surface area contributed by atoms with Crippen LogP contribution in [-0.2, 0) is 7.05 Å². The van der Waals surface area contributed by atoms with Gasteiger partial charge in [0.05, 0.1) is 11.1 Å². The molecule has 2 aromatic rings. The third-order valence-electron chi connectivity index (χ3n) is 2.04. The van der Waals surface area contributed by atoms with Crippen LogP contribution < -0.4 is 10.9 Å². The molecule has 0 unspecified atom stereocenters. The summed E-state index contributed by atoms with van der Waals surface area (Å²) in [5, 5.41) is 12.8. The van der Waals surface area contributed by atoms with E-state index in [2.05, 4.69) is 5.32 Å². The molecular formula is C9H8N2O3S. The zero-order chi connectivity index (χ0) is 11.0. The summed E-state index contributed by atoms with van der Waals surface area (Å²) in [5.74, 6) is 0. The average molecular weight is 224 g/mol. The Labute approximate surface area is 88.6 Å². The summed E-state index contributed by atoms with van der Waals surface area (Å²) in [7, 11) is 1.63. The first-order valence-electron chi connectivity index (χ1n) is 4.16. The van der Waals surface area contributed by atoms with Crippen molar-refractivity contribution >= 4 is 33.2 Å². The van der Waals surface area contributed by atoms with E-state index in [0.717, 1.165) is 4.70 Å². The number of aromatic nitrogens is 1. The third kappa shape index (κ3) is 1.59. The molecule has 5 nitrogen and oxygen atoms in total. The van der Waals surface area contributed by atoms with Gasteiger partial charge >= 0.3 is 6.09 Å². The highest BCUT2D eigenvalue weighted by Crippen LogP contribution is 2.26. The molecule has 2 N–H and O–H groups in total. The number of hydrogen-bond donors (Lipinski definition) is 2. The van der Waals surface area contributed by atoms with Crippen molar-refractivity contribution in [2.45, 2.75) is 0 Å². The smallest absolute Gasteiger partial charge is 0.409 e. The van der Waals surface area contributed by atoms with Gasteiger partial charge in [0.15, 0.2) is 0 Å². The number of nitrogens with one attached hydrogen (secondary N) is 1. The molecule has 1 amide bonds. The minimum Gasteiger partial charge on any atom is -0.465 e. The molecule has 0 aromatic carbocycles. The molecule has 0 aliphatic heterocycles. The molecule has 0 saturated carbocycles. The Morgan fingerprint density at radius 1 is 1.60 bits per heavy atom. The van der Waals surface area contributed by atoms with Gasteiger partial charge in [-0.25, -0.2) is 4.79 Å². The van der Waals surface area contributed by atoms with E-state index in [-0.39, 0.29) is 5.56 Å². The van der Waals surface area contributed by atoms with Gasteiger partial charge in [0, 0.05) is 23.3 Å². The normalized spacial score (nSPS) is 10.5. The number of amides is 1. The number of nitrogens with zero attached hydrogens (tertiary/aromatic N) is 1. The van der Waals surface area contributed by atoms with E-state index in [4.69, 9.17) is 5.11 Å². The predicted molar refractivity (Wildman–Crippen MR) is 58.7 cm³/mol. The zero-order valence-electron chi connectivity index (χ0n) is 7.85. The highest BCUT2D eigenvalue weighted by Gasteiger charge is 2.10. The number of fused-ring (bicyclic) bond motifs is 1. The van der Waals surface area contributed by atoms with Crippen LogP contribution in [0, 0.1) is 0 Å². The first kappa shape index (κ1) is 9.72. The number of pyridine rings is 1. The largest absolute Gasteiger partial charge is 0.465 e. The second-order valence-corrected chi connectivity index (χ2v) is 3.96. The summed E-state index contributed by atoms with van der Waals surface area (Å²) < 4.78 is 2.20. The summed E-state index contributed by atoms with van der Waals surface area (Å²) in [6.07, 6.45) is 0.492. The molecule has 0 fully saturated rings. The summed E-state index contributed by atoms with van der Waals surface area (Å²) in [6.45, 7) is 0. The van der Waals surface area contributed by atoms with Gasteiger partial charge in [0.1, 0.15) is 0 Å². The Balaban J connectivity index is 2.72. The maximum absolute atomic E-state index is 11.7. The minimum absolute atomic E-state index is 0.197. The van der Waals surface area contributed by atoms with Crippen molar-refractivity contribution in [3.8, 4) is 0 Å². The molecule has 0 atom stereocenters. The van der Waals surface area contributed by atoms with E-state index < -0.39 is 6.09 Å². The third-order valence-corrected chi connectivity index (χ3v) is 2.99. The second kappa shape index (κ2) is 3.39. The molecule has 0 aliphatic carbocycles. The molecule has 2 rings (SSSR count). The lowest BCUT2D eigenvalue weighted by molar-refractivity contribution is 0.210. The SMILES string of the molecule is Cn1ccc2scc(NC(=O)O)c2c1=O. The fourth-order valence-corrected chi connectivity index (χ4v) is 2.22. The molecule has 0 bridgehead atoms. The maximum atomic E-state index is 11.7. The standard InChI is InChI=1S/C9H8N2O3S/c1-11-3-2-6-7(8(11)12)5(4-15-6)10-9(13)14/h2-4,10H,1H3,(H,13,14). The number of carbonyl (C=O) groups is 1. The Morgan fingerprint density at radius 3 is 3.00 bits per heavy atom. The van der Waals surface area contributed by atoms with Crippen LogP contribution in [0.25, 0.3) is 10.1 Å². The predicted octanol–water partition coefficient (Wildman–Crippen LogP) is 1.69. The molecule has 6 heteroatoms. The molecule has 0 saturated heterocycles. The lowest BCUT2D eigenvalue weighted by Crippen LogP contribution is -2.17. The van der Waals surface area contributed by atoms with Crippen molar-refractivity contribution in [3.63, 3.8) is 0 Å². The topological polar surface area (TPSA) is 71.3 Å². The quantitative estimate of drug-likeness (QED) is 0.774. The molecule has 2 aromatic heterocycles. The maximum Gasteiger partial charge on any atom is 0.409 e. The van der Waals surface area contributed by atoms with Crippen molar-refractivity contribution in [2.24, 2.45) is 7.05 Å². The average Bonchev–Trinajstić information content (AvgIpc) is 2.55. The molecule has 2 heterocycles. The van der Waals surface area contributed by atoms with Crippen molar-refractivity contribution in [2.75, 3.05) is 5.32 Å².